The third kappa shape index (κ3) is 4.24. The number of carbonyl (C=O) groups is 1. The molecule has 1 heterocycles. The SMILES string of the molecule is CC(C)C1=C(C(C)C)N(C(C)(C)C)C(=O)CC(C(C)C)C1C(C)C. The van der Waals surface area contributed by atoms with Crippen molar-refractivity contribution in [2.75, 3.05) is 0 Å². The van der Waals surface area contributed by atoms with Gasteiger partial charge in [-0.25, -0.2) is 0 Å². The van der Waals surface area contributed by atoms with Crippen molar-refractivity contribution in [3.8, 4) is 0 Å². The van der Waals surface area contributed by atoms with E-state index in [9.17, 15) is 4.79 Å². The lowest BCUT2D eigenvalue weighted by atomic mass is 9.68. The molecule has 1 rings (SSSR count). The largest absolute Gasteiger partial charge is 0.311 e. The van der Waals surface area contributed by atoms with Gasteiger partial charge < -0.3 is 4.90 Å². The number of nitrogens with zero attached hydrogens (tertiary/aromatic N) is 1. The standard InChI is InChI=1S/C22H41NO/c1-13(2)17-12-18(24)23(22(9,10)11)21(16(7)8)20(15(5)6)19(17)14(3)4/h13-17,19H,12H2,1-11H3. The van der Waals surface area contributed by atoms with Crippen molar-refractivity contribution in [3.05, 3.63) is 11.3 Å². The Labute approximate surface area is 151 Å². The predicted molar refractivity (Wildman–Crippen MR) is 105 cm³/mol. The molecule has 0 fully saturated rings. The summed E-state index contributed by atoms with van der Waals surface area (Å²) in [6.45, 7) is 24.9. The van der Waals surface area contributed by atoms with E-state index in [1.807, 2.05) is 0 Å². The van der Waals surface area contributed by atoms with Crippen molar-refractivity contribution in [3.63, 3.8) is 0 Å². The van der Waals surface area contributed by atoms with Crippen LogP contribution in [0.3, 0.4) is 0 Å². The number of hydrogen-bond donors (Lipinski definition) is 0. The highest BCUT2D eigenvalue weighted by atomic mass is 16.2. The predicted octanol–water partition coefficient (Wildman–Crippen LogP) is 6.13. The Morgan fingerprint density at radius 3 is 1.67 bits per heavy atom. The van der Waals surface area contributed by atoms with E-state index in [4.69, 9.17) is 0 Å². The summed E-state index contributed by atoms with van der Waals surface area (Å²) in [5, 5.41) is 0. The Balaban J connectivity index is 3.79. The summed E-state index contributed by atoms with van der Waals surface area (Å²) < 4.78 is 0. The van der Waals surface area contributed by atoms with Crippen LogP contribution in [0.4, 0.5) is 0 Å². The van der Waals surface area contributed by atoms with Crippen LogP contribution >= 0.6 is 0 Å². The first-order valence-electron chi connectivity index (χ1n) is 9.87. The van der Waals surface area contributed by atoms with E-state index in [1.165, 1.54) is 11.3 Å². The average molecular weight is 336 g/mol. The molecule has 0 aromatic rings. The van der Waals surface area contributed by atoms with Crippen LogP contribution < -0.4 is 0 Å². The molecule has 1 amide bonds. The van der Waals surface area contributed by atoms with Gasteiger partial charge in [0.05, 0.1) is 0 Å². The third-order valence-electron chi connectivity index (χ3n) is 5.43. The lowest BCUT2D eigenvalue weighted by Crippen LogP contribution is -2.46. The van der Waals surface area contributed by atoms with Gasteiger partial charge in [0.2, 0.25) is 5.91 Å². The summed E-state index contributed by atoms with van der Waals surface area (Å²) in [5.41, 5.74) is 2.65. The number of rotatable bonds is 4. The van der Waals surface area contributed by atoms with Crippen LogP contribution in [0.1, 0.15) is 82.6 Å². The van der Waals surface area contributed by atoms with Crippen molar-refractivity contribution in [1.29, 1.82) is 0 Å². The minimum Gasteiger partial charge on any atom is -0.311 e. The lowest BCUT2D eigenvalue weighted by Gasteiger charge is -2.41. The number of amides is 1. The smallest absolute Gasteiger partial charge is 0.227 e. The Bertz CT molecular complexity index is 477. The van der Waals surface area contributed by atoms with E-state index in [0.29, 0.717) is 47.8 Å². The van der Waals surface area contributed by atoms with Gasteiger partial charge in [0, 0.05) is 17.7 Å². The van der Waals surface area contributed by atoms with Gasteiger partial charge in [0.25, 0.3) is 0 Å². The highest BCUT2D eigenvalue weighted by Gasteiger charge is 2.43. The van der Waals surface area contributed by atoms with E-state index in [1.54, 1.807) is 0 Å². The van der Waals surface area contributed by atoms with Gasteiger partial charge in [0.15, 0.2) is 0 Å². The second-order valence-corrected chi connectivity index (χ2v) is 9.93. The fraction of sp³-hybridized carbons (Fsp3) is 0.864. The number of carbonyl (C=O) groups excluding carboxylic acids is 1. The lowest BCUT2D eigenvalue weighted by molar-refractivity contribution is -0.135. The maximum absolute atomic E-state index is 13.3. The monoisotopic (exact) mass is 335 g/mol. The second kappa shape index (κ2) is 7.62. The first-order chi connectivity index (χ1) is 10.8. The van der Waals surface area contributed by atoms with Crippen LogP contribution in [0.2, 0.25) is 0 Å². The summed E-state index contributed by atoms with van der Waals surface area (Å²) in [6.07, 6.45) is 0.671. The number of allylic oxidation sites excluding steroid dienone is 2. The molecule has 0 bridgehead atoms. The van der Waals surface area contributed by atoms with E-state index in [2.05, 4.69) is 81.1 Å². The molecule has 140 valence electrons. The van der Waals surface area contributed by atoms with Crippen LogP contribution in [0.5, 0.6) is 0 Å². The molecule has 0 N–H and O–H groups in total. The van der Waals surface area contributed by atoms with Crippen LogP contribution in [0.15, 0.2) is 11.3 Å². The van der Waals surface area contributed by atoms with Crippen molar-refractivity contribution in [2.45, 2.75) is 88.1 Å². The topological polar surface area (TPSA) is 20.3 Å². The van der Waals surface area contributed by atoms with Gasteiger partial charge >= 0.3 is 0 Å². The molecule has 0 aliphatic carbocycles. The fourth-order valence-electron chi connectivity index (χ4n) is 4.60. The molecule has 0 saturated heterocycles. The molecular formula is C22H41NO. The summed E-state index contributed by atoms with van der Waals surface area (Å²) in [7, 11) is 0. The van der Waals surface area contributed by atoms with Gasteiger partial charge in [-0.05, 0) is 61.9 Å². The maximum Gasteiger partial charge on any atom is 0.227 e. The summed E-state index contributed by atoms with van der Waals surface area (Å²) >= 11 is 0. The molecule has 1 aliphatic rings. The Hall–Kier alpha value is -0.790. The highest BCUT2D eigenvalue weighted by Crippen LogP contribution is 2.46. The quantitative estimate of drug-likeness (QED) is 0.605. The zero-order chi connectivity index (χ0) is 19.0. The van der Waals surface area contributed by atoms with Crippen molar-refractivity contribution in [1.82, 2.24) is 4.90 Å². The van der Waals surface area contributed by atoms with Crippen molar-refractivity contribution in [2.24, 2.45) is 35.5 Å². The Morgan fingerprint density at radius 2 is 1.38 bits per heavy atom. The second-order valence-electron chi connectivity index (χ2n) is 9.93. The highest BCUT2D eigenvalue weighted by molar-refractivity contribution is 5.80. The van der Waals surface area contributed by atoms with Gasteiger partial charge in [-0.1, -0.05) is 55.4 Å². The molecule has 0 saturated carbocycles. The Kier molecular flexibility index (Phi) is 6.75. The first-order valence-corrected chi connectivity index (χ1v) is 9.87. The molecule has 2 heteroatoms. The Morgan fingerprint density at radius 1 is 0.875 bits per heavy atom. The van der Waals surface area contributed by atoms with Crippen LogP contribution in [-0.2, 0) is 4.79 Å². The minimum atomic E-state index is -0.176. The van der Waals surface area contributed by atoms with Crippen LogP contribution in [0, 0.1) is 35.5 Å². The van der Waals surface area contributed by atoms with Crippen molar-refractivity contribution >= 4 is 5.91 Å². The van der Waals surface area contributed by atoms with Crippen LogP contribution in [-0.4, -0.2) is 16.3 Å². The molecule has 2 atom stereocenters. The van der Waals surface area contributed by atoms with Gasteiger partial charge in [-0.15, -0.1) is 0 Å². The molecule has 0 aromatic carbocycles. The zero-order valence-corrected chi connectivity index (χ0v) is 18.0. The molecule has 2 nitrogen and oxygen atoms in total. The first kappa shape index (κ1) is 21.3. The normalized spacial score (nSPS) is 24.0. The van der Waals surface area contributed by atoms with Crippen LogP contribution in [0.25, 0.3) is 0 Å². The van der Waals surface area contributed by atoms with E-state index in [-0.39, 0.29) is 5.54 Å². The fourth-order valence-corrected chi connectivity index (χ4v) is 4.60. The van der Waals surface area contributed by atoms with E-state index in [0.717, 1.165) is 0 Å². The average Bonchev–Trinajstić information content (AvgIpc) is 2.51. The minimum absolute atomic E-state index is 0.176. The van der Waals surface area contributed by atoms with E-state index >= 15 is 0 Å². The van der Waals surface area contributed by atoms with Gasteiger partial charge in [-0.3, -0.25) is 4.79 Å². The molecule has 0 radical (unpaired) electrons. The zero-order valence-electron chi connectivity index (χ0n) is 18.0. The third-order valence-corrected chi connectivity index (χ3v) is 5.43. The summed E-state index contributed by atoms with van der Waals surface area (Å²) in [4.78, 5) is 15.5. The van der Waals surface area contributed by atoms with Gasteiger partial charge in [0.1, 0.15) is 0 Å². The number of hydrogen-bond acceptors (Lipinski definition) is 1. The molecule has 1 aliphatic heterocycles. The van der Waals surface area contributed by atoms with Gasteiger partial charge in [-0.2, -0.15) is 0 Å². The molecule has 24 heavy (non-hydrogen) atoms. The molecule has 2 unspecified atom stereocenters. The maximum atomic E-state index is 13.3. The molecule has 0 aromatic heterocycles. The van der Waals surface area contributed by atoms with Crippen molar-refractivity contribution < 1.29 is 4.79 Å². The summed E-state index contributed by atoms with van der Waals surface area (Å²) in [5.74, 6) is 3.12. The summed E-state index contributed by atoms with van der Waals surface area (Å²) in [6, 6.07) is 0. The molecule has 0 spiro atoms. The van der Waals surface area contributed by atoms with E-state index < -0.39 is 0 Å². The molecular weight excluding hydrogens is 294 g/mol.